The first-order valence-corrected chi connectivity index (χ1v) is 7.45. The molecule has 1 saturated carbocycles. The van der Waals surface area contributed by atoms with Gasteiger partial charge in [-0.2, -0.15) is 0 Å². The van der Waals surface area contributed by atoms with Crippen molar-refractivity contribution in [1.82, 2.24) is 5.32 Å². The molecule has 18 heavy (non-hydrogen) atoms. The van der Waals surface area contributed by atoms with Gasteiger partial charge < -0.3 is 5.32 Å². The van der Waals surface area contributed by atoms with Gasteiger partial charge in [-0.15, -0.1) is 0 Å². The Morgan fingerprint density at radius 2 is 1.89 bits per heavy atom. The minimum absolute atomic E-state index is 0.317. The van der Waals surface area contributed by atoms with Gasteiger partial charge in [0.05, 0.1) is 10.0 Å². The van der Waals surface area contributed by atoms with E-state index in [9.17, 15) is 0 Å². The number of hydrogen-bond donors (Lipinski definition) is 1. The van der Waals surface area contributed by atoms with Crippen LogP contribution in [0.3, 0.4) is 0 Å². The van der Waals surface area contributed by atoms with Crippen molar-refractivity contribution >= 4 is 23.2 Å². The van der Waals surface area contributed by atoms with Gasteiger partial charge in [0.15, 0.2) is 0 Å². The molecule has 1 aromatic rings. The standard InChI is InChI=1S/C15H21Cl2N/c1-9-4-7-15(10(9)2)18-11(3)12-5-6-13(16)14(17)8-12/h5-6,8-11,15,18H,4,7H2,1-3H3. The third kappa shape index (κ3) is 3.01. The molecule has 4 unspecified atom stereocenters. The monoisotopic (exact) mass is 285 g/mol. The Morgan fingerprint density at radius 1 is 1.17 bits per heavy atom. The van der Waals surface area contributed by atoms with E-state index in [-0.39, 0.29) is 0 Å². The molecule has 1 aliphatic carbocycles. The zero-order valence-electron chi connectivity index (χ0n) is 11.2. The summed E-state index contributed by atoms with van der Waals surface area (Å²) in [6.45, 7) is 6.88. The highest BCUT2D eigenvalue weighted by Gasteiger charge is 2.30. The van der Waals surface area contributed by atoms with Gasteiger partial charge in [0.1, 0.15) is 0 Å². The third-order valence-electron chi connectivity index (χ3n) is 4.37. The van der Waals surface area contributed by atoms with Crippen molar-refractivity contribution in [3.05, 3.63) is 33.8 Å². The predicted octanol–water partition coefficient (Wildman–Crippen LogP) is 5.08. The first kappa shape index (κ1) is 14.2. The van der Waals surface area contributed by atoms with Crippen molar-refractivity contribution in [2.24, 2.45) is 11.8 Å². The molecule has 0 spiro atoms. The summed E-state index contributed by atoms with van der Waals surface area (Å²) < 4.78 is 0. The van der Waals surface area contributed by atoms with Crippen LogP contribution in [-0.2, 0) is 0 Å². The lowest BCUT2D eigenvalue weighted by molar-refractivity contribution is 0.347. The van der Waals surface area contributed by atoms with Crippen LogP contribution in [0.25, 0.3) is 0 Å². The van der Waals surface area contributed by atoms with E-state index in [1.54, 1.807) is 0 Å². The lowest BCUT2D eigenvalue weighted by Crippen LogP contribution is -2.34. The van der Waals surface area contributed by atoms with Crippen LogP contribution in [0.1, 0.15) is 45.2 Å². The SMILES string of the molecule is CC(NC1CCC(C)C1C)c1ccc(Cl)c(Cl)c1. The van der Waals surface area contributed by atoms with Gasteiger partial charge in [0.2, 0.25) is 0 Å². The lowest BCUT2D eigenvalue weighted by atomic mass is 9.96. The van der Waals surface area contributed by atoms with E-state index in [1.165, 1.54) is 18.4 Å². The maximum Gasteiger partial charge on any atom is 0.0595 e. The number of benzene rings is 1. The molecule has 3 heteroatoms. The Kier molecular flexibility index (Phi) is 4.58. The highest BCUT2D eigenvalue weighted by atomic mass is 35.5. The summed E-state index contributed by atoms with van der Waals surface area (Å²) in [7, 11) is 0. The molecule has 100 valence electrons. The van der Waals surface area contributed by atoms with Crippen LogP contribution in [-0.4, -0.2) is 6.04 Å². The molecule has 0 heterocycles. The molecule has 4 atom stereocenters. The van der Waals surface area contributed by atoms with Crippen LogP contribution in [0.4, 0.5) is 0 Å². The molecule has 1 nitrogen and oxygen atoms in total. The Hall–Kier alpha value is -0.240. The highest BCUT2D eigenvalue weighted by Crippen LogP contribution is 2.33. The second-order valence-corrected chi connectivity index (χ2v) is 6.40. The van der Waals surface area contributed by atoms with Crippen molar-refractivity contribution in [2.45, 2.75) is 45.7 Å². The molecule has 0 aromatic heterocycles. The van der Waals surface area contributed by atoms with Crippen LogP contribution in [0.2, 0.25) is 10.0 Å². The van der Waals surface area contributed by atoms with Crippen LogP contribution in [0.15, 0.2) is 18.2 Å². The first-order chi connectivity index (χ1) is 8.49. The topological polar surface area (TPSA) is 12.0 Å². The second kappa shape index (κ2) is 5.81. The molecule has 1 aliphatic rings. The highest BCUT2D eigenvalue weighted by molar-refractivity contribution is 6.42. The van der Waals surface area contributed by atoms with Crippen molar-refractivity contribution in [3.8, 4) is 0 Å². The van der Waals surface area contributed by atoms with Gasteiger partial charge in [-0.05, 0) is 49.3 Å². The summed E-state index contributed by atoms with van der Waals surface area (Å²) in [5.74, 6) is 1.57. The fraction of sp³-hybridized carbons (Fsp3) is 0.600. The molecule has 1 aromatic carbocycles. The molecule has 0 aliphatic heterocycles. The zero-order valence-corrected chi connectivity index (χ0v) is 12.7. The molecule has 0 saturated heterocycles. The number of halogens is 2. The largest absolute Gasteiger partial charge is 0.307 e. The Bertz CT molecular complexity index is 419. The minimum atomic E-state index is 0.317. The van der Waals surface area contributed by atoms with E-state index in [0.717, 1.165) is 11.8 Å². The molecule has 0 radical (unpaired) electrons. The molecule has 1 N–H and O–H groups in total. The second-order valence-electron chi connectivity index (χ2n) is 5.58. The van der Waals surface area contributed by atoms with Crippen molar-refractivity contribution in [1.29, 1.82) is 0 Å². The van der Waals surface area contributed by atoms with Crippen LogP contribution in [0, 0.1) is 11.8 Å². The smallest absolute Gasteiger partial charge is 0.0595 e. The fourth-order valence-electron chi connectivity index (χ4n) is 2.80. The maximum atomic E-state index is 6.07. The van der Waals surface area contributed by atoms with Gasteiger partial charge in [-0.3, -0.25) is 0 Å². The van der Waals surface area contributed by atoms with Gasteiger partial charge in [-0.1, -0.05) is 43.1 Å². The van der Waals surface area contributed by atoms with E-state index >= 15 is 0 Å². The van der Waals surface area contributed by atoms with Crippen LogP contribution < -0.4 is 5.32 Å². The van der Waals surface area contributed by atoms with Crippen LogP contribution >= 0.6 is 23.2 Å². The molecule has 0 amide bonds. The number of nitrogens with one attached hydrogen (secondary N) is 1. The normalized spacial score (nSPS) is 29.5. The van der Waals surface area contributed by atoms with Crippen molar-refractivity contribution in [3.63, 3.8) is 0 Å². The van der Waals surface area contributed by atoms with E-state index in [0.29, 0.717) is 22.1 Å². The van der Waals surface area contributed by atoms with Crippen LogP contribution in [0.5, 0.6) is 0 Å². The minimum Gasteiger partial charge on any atom is -0.307 e. The number of rotatable bonds is 3. The summed E-state index contributed by atoms with van der Waals surface area (Å²) in [5.41, 5.74) is 1.20. The quantitative estimate of drug-likeness (QED) is 0.817. The van der Waals surface area contributed by atoms with Crippen molar-refractivity contribution < 1.29 is 0 Å². The summed E-state index contributed by atoms with van der Waals surface area (Å²) >= 11 is 12.0. The Labute approximate surface area is 120 Å². The molecule has 2 rings (SSSR count). The lowest BCUT2D eigenvalue weighted by Gasteiger charge is -2.24. The van der Waals surface area contributed by atoms with E-state index < -0.39 is 0 Å². The Balaban J connectivity index is 2.03. The van der Waals surface area contributed by atoms with Gasteiger partial charge in [-0.25, -0.2) is 0 Å². The summed E-state index contributed by atoms with van der Waals surface area (Å²) in [6.07, 6.45) is 2.60. The molecular weight excluding hydrogens is 265 g/mol. The summed E-state index contributed by atoms with van der Waals surface area (Å²) in [6, 6.07) is 6.82. The first-order valence-electron chi connectivity index (χ1n) is 6.70. The van der Waals surface area contributed by atoms with E-state index in [1.807, 2.05) is 12.1 Å². The number of hydrogen-bond acceptors (Lipinski definition) is 1. The average molecular weight is 286 g/mol. The van der Waals surface area contributed by atoms with Gasteiger partial charge in [0.25, 0.3) is 0 Å². The Morgan fingerprint density at radius 3 is 2.44 bits per heavy atom. The van der Waals surface area contributed by atoms with E-state index in [2.05, 4.69) is 32.2 Å². The maximum absolute atomic E-state index is 6.07. The van der Waals surface area contributed by atoms with Crippen molar-refractivity contribution in [2.75, 3.05) is 0 Å². The molecular formula is C15H21Cl2N. The third-order valence-corrected chi connectivity index (χ3v) is 5.11. The van der Waals surface area contributed by atoms with Gasteiger partial charge in [0, 0.05) is 12.1 Å². The molecule has 1 fully saturated rings. The van der Waals surface area contributed by atoms with E-state index in [4.69, 9.17) is 23.2 Å². The molecule has 0 bridgehead atoms. The summed E-state index contributed by atoms with van der Waals surface area (Å²) in [5, 5.41) is 4.98. The zero-order chi connectivity index (χ0) is 13.3. The fourth-order valence-corrected chi connectivity index (χ4v) is 3.11. The van der Waals surface area contributed by atoms with Gasteiger partial charge >= 0.3 is 0 Å². The predicted molar refractivity (Wildman–Crippen MR) is 79.4 cm³/mol. The average Bonchev–Trinajstić information content (AvgIpc) is 2.64. The summed E-state index contributed by atoms with van der Waals surface area (Å²) in [4.78, 5) is 0.